The van der Waals surface area contributed by atoms with Gasteiger partial charge in [-0.1, -0.05) is 6.07 Å². The Balaban J connectivity index is 2.36. The smallest absolute Gasteiger partial charge is 0.259 e. The lowest BCUT2D eigenvalue weighted by Gasteiger charge is -2.18. The number of carbonyl (C=O) groups is 1. The molecule has 2 rings (SSSR count). The lowest BCUT2D eigenvalue weighted by atomic mass is 10.00. The number of nitrogens with zero attached hydrogens (tertiary/aromatic N) is 2. The van der Waals surface area contributed by atoms with Crippen LogP contribution >= 0.6 is 15.9 Å². The summed E-state index contributed by atoms with van der Waals surface area (Å²) in [5.41, 5.74) is 4.03. The Morgan fingerprint density at radius 1 is 1.10 bits per heavy atom. The third-order valence-electron chi connectivity index (χ3n) is 3.43. The molecule has 0 fully saturated rings. The van der Waals surface area contributed by atoms with Crippen molar-refractivity contribution in [2.75, 3.05) is 11.9 Å². The van der Waals surface area contributed by atoms with E-state index < -0.39 is 0 Å². The third-order valence-corrected chi connectivity index (χ3v) is 3.90. The molecule has 0 aliphatic carbocycles. The Bertz CT molecular complexity index is 650. The van der Waals surface area contributed by atoms with Crippen LogP contribution in [0.4, 0.5) is 5.82 Å². The van der Waals surface area contributed by atoms with Crippen molar-refractivity contribution in [3.05, 3.63) is 57.2 Å². The van der Waals surface area contributed by atoms with Crippen molar-refractivity contribution in [2.45, 2.75) is 20.8 Å². The topological polar surface area (TPSA) is 33.2 Å². The van der Waals surface area contributed by atoms with Crippen LogP contribution in [0.1, 0.15) is 27.0 Å². The van der Waals surface area contributed by atoms with Gasteiger partial charge in [-0.2, -0.15) is 0 Å². The van der Waals surface area contributed by atoms with Gasteiger partial charge in [0, 0.05) is 23.3 Å². The van der Waals surface area contributed by atoms with Gasteiger partial charge in [-0.15, -0.1) is 0 Å². The second kappa shape index (κ2) is 5.75. The maximum Gasteiger partial charge on any atom is 0.259 e. The maximum absolute atomic E-state index is 12.6. The first kappa shape index (κ1) is 14.7. The summed E-state index contributed by atoms with van der Waals surface area (Å²) in [7, 11) is 1.74. The van der Waals surface area contributed by atoms with Crippen LogP contribution in [0, 0.1) is 20.8 Å². The molecule has 4 heteroatoms. The number of aryl methyl sites for hydroxylation is 3. The monoisotopic (exact) mass is 332 g/mol. The van der Waals surface area contributed by atoms with E-state index in [9.17, 15) is 4.79 Å². The third kappa shape index (κ3) is 2.90. The van der Waals surface area contributed by atoms with E-state index in [0.717, 1.165) is 21.2 Å². The summed E-state index contributed by atoms with van der Waals surface area (Å²) in [6.07, 6.45) is 1.69. The number of hydrogen-bond acceptors (Lipinski definition) is 2. The number of pyridine rings is 1. The van der Waals surface area contributed by atoms with Gasteiger partial charge in [0.05, 0.1) is 0 Å². The van der Waals surface area contributed by atoms with Gasteiger partial charge in [0.15, 0.2) is 0 Å². The Hall–Kier alpha value is -1.68. The number of hydrogen-bond donors (Lipinski definition) is 0. The molecule has 0 bridgehead atoms. The predicted molar refractivity (Wildman–Crippen MR) is 85.3 cm³/mol. The molecule has 0 saturated carbocycles. The number of anilines is 1. The largest absolute Gasteiger partial charge is 0.296 e. The number of halogens is 1. The van der Waals surface area contributed by atoms with Crippen LogP contribution in [-0.4, -0.2) is 17.9 Å². The van der Waals surface area contributed by atoms with Crippen molar-refractivity contribution >= 4 is 27.7 Å². The van der Waals surface area contributed by atoms with E-state index in [1.165, 1.54) is 5.56 Å². The van der Waals surface area contributed by atoms with E-state index in [0.29, 0.717) is 5.82 Å². The highest BCUT2D eigenvalue weighted by Gasteiger charge is 2.17. The SMILES string of the molecule is Cc1cc(C)c(C(=O)N(C)c2ccc(Br)cn2)cc1C. The van der Waals surface area contributed by atoms with Gasteiger partial charge in [-0.25, -0.2) is 4.98 Å². The van der Waals surface area contributed by atoms with Gasteiger partial charge in [-0.3, -0.25) is 9.69 Å². The van der Waals surface area contributed by atoms with Crippen LogP contribution in [0.5, 0.6) is 0 Å². The number of amides is 1. The molecule has 0 N–H and O–H groups in total. The molecule has 0 aliphatic heterocycles. The first-order valence-electron chi connectivity index (χ1n) is 6.37. The van der Waals surface area contributed by atoms with Gasteiger partial charge in [0.25, 0.3) is 5.91 Å². The van der Waals surface area contributed by atoms with Crippen LogP contribution in [0.3, 0.4) is 0 Å². The van der Waals surface area contributed by atoms with Crippen molar-refractivity contribution < 1.29 is 4.79 Å². The minimum Gasteiger partial charge on any atom is -0.296 e. The minimum absolute atomic E-state index is 0.0413. The fourth-order valence-corrected chi connectivity index (χ4v) is 2.28. The molecule has 0 saturated heterocycles. The molecule has 3 nitrogen and oxygen atoms in total. The number of aromatic nitrogens is 1. The van der Waals surface area contributed by atoms with Gasteiger partial charge >= 0.3 is 0 Å². The highest BCUT2D eigenvalue weighted by molar-refractivity contribution is 9.10. The van der Waals surface area contributed by atoms with Crippen LogP contribution in [0.2, 0.25) is 0 Å². The Labute approximate surface area is 127 Å². The van der Waals surface area contributed by atoms with E-state index in [4.69, 9.17) is 0 Å². The summed E-state index contributed by atoms with van der Waals surface area (Å²) < 4.78 is 0.893. The number of benzene rings is 1. The Morgan fingerprint density at radius 2 is 1.75 bits per heavy atom. The predicted octanol–water partition coefficient (Wildman–Crippen LogP) is 4.05. The molecular formula is C16H17BrN2O. The van der Waals surface area contributed by atoms with Crippen molar-refractivity contribution in [1.82, 2.24) is 4.98 Å². The molecule has 20 heavy (non-hydrogen) atoms. The van der Waals surface area contributed by atoms with Crippen LogP contribution in [-0.2, 0) is 0 Å². The zero-order chi connectivity index (χ0) is 14.9. The molecule has 0 unspecified atom stereocenters. The molecule has 1 aromatic heterocycles. The molecule has 1 heterocycles. The summed E-state index contributed by atoms with van der Waals surface area (Å²) in [5.74, 6) is 0.594. The van der Waals surface area contributed by atoms with Crippen LogP contribution in [0.25, 0.3) is 0 Å². The zero-order valence-electron chi connectivity index (χ0n) is 12.1. The van der Waals surface area contributed by atoms with E-state index >= 15 is 0 Å². The summed E-state index contributed by atoms with van der Waals surface area (Å²) >= 11 is 3.34. The Morgan fingerprint density at radius 3 is 2.35 bits per heavy atom. The van der Waals surface area contributed by atoms with Crippen molar-refractivity contribution in [2.24, 2.45) is 0 Å². The van der Waals surface area contributed by atoms with Crippen LogP contribution < -0.4 is 4.90 Å². The second-order valence-electron chi connectivity index (χ2n) is 4.95. The summed E-state index contributed by atoms with van der Waals surface area (Å²) in [6, 6.07) is 7.69. The highest BCUT2D eigenvalue weighted by atomic mass is 79.9. The second-order valence-corrected chi connectivity index (χ2v) is 5.87. The minimum atomic E-state index is -0.0413. The van der Waals surface area contributed by atoms with Gasteiger partial charge in [-0.05, 0) is 71.6 Å². The summed E-state index contributed by atoms with van der Waals surface area (Å²) in [6.45, 7) is 6.03. The van der Waals surface area contributed by atoms with Crippen LogP contribution in [0.15, 0.2) is 34.9 Å². The molecule has 1 aromatic carbocycles. The molecule has 1 amide bonds. The number of rotatable bonds is 2. The van der Waals surface area contributed by atoms with Gasteiger partial charge in [0.1, 0.15) is 5.82 Å². The summed E-state index contributed by atoms with van der Waals surface area (Å²) in [4.78, 5) is 18.4. The van der Waals surface area contributed by atoms with Gasteiger partial charge < -0.3 is 0 Å². The van der Waals surface area contributed by atoms with Crippen molar-refractivity contribution in [3.63, 3.8) is 0 Å². The average molecular weight is 333 g/mol. The fourth-order valence-electron chi connectivity index (χ4n) is 2.04. The van der Waals surface area contributed by atoms with Gasteiger partial charge in [0.2, 0.25) is 0 Å². The van der Waals surface area contributed by atoms with E-state index in [2.05, 4.69) is 27.8 Å². The average Bonchev–Trinajstić information content (AvgIpc) is 2.42. The van der Waals surface area contributed by atoms with Crippen molar-refractivity contribution in [1.29, 1.82) is 0 Å². The Kier molecular flexibility index (Phi) is 4.23. The molecule has 0 spiro atoms. The molecule has 104 valence electrons. The van der Waals surface area contributed by atoms with E-state index in [1.807, 2.05) is 38.1 Å². The van der Waals surface area contributed by atoms with E-state index in [1.54, 1.807) is 18.1 Å². The molecular weight excluding hydrogens is 316 g/mol. The van der Waals surface area contributed by atoms with Crippen molar-refractivity contribution in [3.8, 4) is 0 Å². The summed E-state index contributed by atoms with van der Waals surface area (Å²) in [5, 5.41) is 0. The molecule has 2 aromatic rings. The quantitative estimate of drug-likeness (QED) is 0.831. The first-order valence-corrected chi connectivity index (χ1v) is 7.17. The van der Waals surface area contributed by atoms with E-state index in [-0.39, 0.29) is 5.91 Å². The molecule has 0 atom stereocenters. The number of carbonyl (C=O) groups excluding carboxylic acids is 1. The maximum atomic E-state index is 12.6. The highest BCUT2D eigenvalue weighted by Crippen LogP contribution is 2.20. The normalized spacial score (nSPS) is 10.4. The molecule has 0 aliphatic rings. The fraction of sp³-hybridized carbons (Fsp3) is 0.250. The lowest BCUT2D eigenvalue weighted by Crippen LogP contribution is -2.27. The molecule has 0 radical (unpaired) electrons. The lowest BCUT2D eigenvalue weighted by molar-refractivity contribution is 0.0991. The zero-order valence-corrected chi connectivity index (χ0v) is 13.7. The first-order chi connectivity index (χ1) is 9.40. The standard InChI is InChI=1S/C16H17BrN2O/c1-10-7-12(3)14(8-11(10)2)16(20)19(4)15-6-5-13(17)9-18-15/h5-9H,1-4H3.